The van der Waals surface area contributed by atoms with Crippen LogP contribution in [0.2, 0.25) is 0 Å². The van der Waals surface area contributed by atoms with Crippen molar-refractivity contribution in [3.8, 4) is 23.7 Å². The molecule has 0 aliphatic carbocycles. The SMILES string of the molecule is O=C(CCCCCCC[n+]1ccccc1)OCc1ccc(C#CC#Cc2ccc(COC(=O)CCCCCCC[n+]3ccccc3)cc2)cc1. The van der Waals surface area contributed by atoms with Crippen molar-refractivity contribution in [2.45, 2.75) is 103 Å². The molecule has 6 nitrogen and oxygen atoms in total. The lowest BCUT2D eigenvalue weighted by molar-refractivity contribution is -0.697. The number of esters is 2. The van der Waals surface area contributed by atoms with Crippen LogP contribution < -0.4 is 9.13 Å². The number of pyridine rings is 2. The molecule has 4 rings (SSSR count). The average Bonchev–Trinajstić information content (AvgIpc) is 3.16. The minimum Gasteiger partial charge on any atom is -0.461 e. The Morgan fingerprint density at radius 2 is 0.820 bits per heavy atom. The third-order valence-corrected chi connectivity index (χ3v) is 8.33. The Morgan fingerprint density at radius 3 is 1.22 bits per heavy atom. The van der Waals surface area contributed by atoms with Gasteiger partial charge in [0.2, 0.25) is 0 Å². The van der Waals surface area contributed by atoms with E-state index in [2.05, 4.69) is 81.9 Å². The van der Waals surface area contributed by atoms with E-state index in [0.29, 0.717) is 12.8 Å². The Kier molecular flexibility index (Phi) is 17.5. The van der Waals surface area contributed by atoms with Crippen LogP contribution in [-0.4, -0.2) is 11.9 Å². The number of hydrogen-bond acceptors (Lipinski definition) is 4. The standard InChI is InChI=1S/C44H50N2O4/c47-43(21-9-3-1-5-13-31-45-33-15-7-16-34-45)49-37-41-27-23-39(24-28-41)19-11-12-20-40-25-29-42(30-26-40)38-50-44(48)22-10-4-2-6-14-32-46-35-17-8-18-36-46/h7-8,15-18,23-30,33-36H,1-6,9-10,13-14,21-22,31-32,37-38H2/q+2. The molecule has 2 heterocycles. The summed E-state index contributed by atoms with van der Waals surface area (Å²) in [7, 11) is 0. The monoisotopic (exact) mass is 670 g/mol. The molecule has 0 saturated carbocycles. The molecule has 0 unspecified atom stereocenters. The highest BCUT2D eigenvalue weighted by Crippen LogP contribution is 2.11. The Bertz CT molecular complexity index is 1550. The van der Waals surface area contributed by atoms with Gasteiger partial charge in [0.15, 0.2) is 24.8 Å². The molecule has 0 radical (unpaired) electrons. The summed E-state index contributed by atoms with van der Waals surface area (Å²) in [5.41, 5.74) is 3.56. The molecule has 6 heteroatoms. The maximum Gasteiger partial charge on any atom is 0.306 e. The lowest BCUT2D eigenvalue weighted by atomic mass is 10.1. The van der Waals surface area contributed by atoms with Gasteiger partial charge in [-0.25, -0.2) is 9.13 Å². The van der Waals surface area contributed by atoms with E-state index in [1.807, 2.05) is 60.7 Å². The smallest absolute Gasteiger partial charge is 0.306 e. The molecule has 0 aliphatic heterocycles. The first-order valence-electron chi connectivity index (χ1n) is 18.0. The normalized spacial score (nSPS) is 10.3. The molecule has 258 valence electrons. The summed E-state index contributed by atoms with van der Waals surface area (Å²) in [6, 6.07) is 27.6. The van der Waals surface area contributed by atoms with Crippen LogP contribution in [-0.2, 0) is 45.4 Å². The van der Waals surface area contributed by atoms with Crippen molar-refractivity contribution >= 4 is 11.9 Å². The number of nitrogens with zero attached hydrogens (tertiary/aromatic N) is 2. The van der Waals surface area contributed by atoms with Crippen molar-refractivity contribution in [1.82, 2.24) is 0 Å². The highest BCUT2D eigenvalue weighted by molar-refractivity contribution is 5.69. The fourth-order valence-corrected chi connectivity index (χ4v) is 5.40. The Balaban J connectivity index is 1.02. The molecule has 2 aromatic carbocycles. The number of aromatic nitrogens is 2. The molecule has 0 spiro atoms. The van der Waals surface area contributed by atoms with E-state index in [0.717, 1.165) is 86.7 Å². The van der Waals surface area contributed by atoms with Gasteiger partial charge in [-0.3, -0.25) is 9.59 Å². The van der Waals surface area contributed by atoms with Crippen molar-refractivity contribution in [2.24, 2.45) is 0 Å². The van der Waals surface area contributed by atoms with Gasteiger partial charge in [-0.2, -0.15) is 0 Å². The molecular formula is C44H50N2O4+2. The molecule has 0 atom stereocenters. The molecule has 0 N–H and O–H groups in total. The lowest BCUT2D eigenvalue weighted by Crippen LogP contribution is -2.32. The van der Waals surface area contributed by atoms with Crippen LogP contribution in [0.4, 0.5) is 0 Å². The van der Waals surface area contributed by atoms with Gasteiger partial charge in [0.1, 0.15) is 26.3 Å². The van der Waals surface area contributed by atoms with E-state index in [1.54, 1.807) is 0 Å². The second-order valence-electron chi connectivity index (χ2n) is 12.5. The number of rotatable bonds is 20. The third kappa shape index (κ3) is 16.3. The number of benzene rings is 2. The predicted octanol–water partition coefficient (Wildman–Crippen LogP) is 7.83. The van der Waals surface area contributed by atoms with Gasteiger partial charge < -0.3 is 9.47 Å². The topological polar surface area (TPSA) is 60.4 Å². The number of carbonyl (C=O) groups excluding carboxylic acids is 2. The summed E-state index contributed by atoms with van der Waals surface area (Å²) in [6.07, 6.45) is 20.0. The van der Waals surface area contributed by atoms with Gasteiger partial charge >= 0.3 is 11.9 Å². The van der Waals surface area contributed by atoms with Crippen LogP contribution in [0.15, 0.2) is 110 Å². The second-order valence-corrected chi connectivity index (χ2v) is 12.5. The molecule has 50 heavy (non-hydrogen) atoms. The predicted molar refractivity (Wildman–Crippen MR) is 195 cm³/mol. The first-order chi connectivity index (χ1) is 24.6. The van der Waals surface area contributed by atoms with Crippen molar-refractivity contribution in [1.29, 1.82) is 0 Å². The fourth-order valence-electron chi connectivity index (χ4n) is 5.40. The zero-order valence-corrected chi connectivity index (χ0v) is 29.2. The maximum absolute atomic E-state index is 12.1. The van der Waals surface area contributed by atoms with Crippen molar-refractivity contribution in [3.63, 3.8) is 0 Å². The summed E-state index contributed by atoms with van der Waals surface area (Å²) >= 11 is 0. The summed E-state index contributed by atoms with van der Waals surface area (Å²) < 4.78 is 15.3. The molecule has 0 aliphatic rings. The number of carbonyl (C=O) groups is 2. The van der Waals surface area contributed by atoms with E-state index >= 15 is 0 Å². The minimum absolute atomic E-state index is 0.149. The maximum atomic E-state index is 12.1. The molecular weight excluding hydrogens is 620 g/mol. The molecule has 0 saturated heterocycles. The largest absolute Gasteiger partial charge is 0.461 e. The third-order valence-electron chi connectivity index (χ3n) is 8.33. The molecule has 2 aromatic heterocycles. The molecule has 4 aromatic rings. The summed E-state index contributed by atoms with van der Waals surface area (Å²) in [4.78, 5) is 24.3. The van der Waals surface area contributed by atoms with E-state index in [9.17, 15) is 9.59 Å². The number of hydrogen-bond donors (Lipinski definition) is 0. The zero-order valence-electron chi connectivity index (χ0n) is 29.2. The van der Waals surface area contributed by atoms with Crippen molar-refractivity contribution in [2.75, 3.05) is 0 Å². The Labute approximate surface area is 298 Å². The summed E-state index contributed by atoms with van der Waals surface area (Å²) in [6.45, 7) is 2.61. The Morgan fingerprint density at radius 1 is 0.460 bits per heavy atom. The molecule has 0 fully saturated rings. The minimum atomic E-state index is -0.149. The van der Waals surface area contributed by atoms with Gasteiger partial charge in [0.25, 0.3) is 0 Å². The summed E-state index contributed by atoms with van der Waals surface area (Å²) in [5, 5.41) is 0. The quantitative estimate of drug-likeness (QED) is 0.0416. The van der Waals surface area contributed by atoms with Crippen LogP contribution in [0.5, 0.6) is 0 Å². The van der Waals surface area contributed by atoms with E-state index < -0.39 is 0 Å². The van der Waals surface area contributed by atoms with E-state index in [1.165, 1.54) is 12.8 Å². The molecule has 0 amide bonds. The lowest BCUT2D eigenvalue weighted by Gasteiger charge is -2.05. The van der Waals surface area contributed by atoms with Crippen LogP contribution >= 0.6 is 0 Å². The van der Waals surface area contributed by atoms with Crippen LogP contribution in [0.3, 0.4) is 0 Å². The fraction of sp³-hybridized carbons (Fsp3) is 0.364. The average molecular weight is 671 g/mol. The van der Waals surface area contributed by atoms with Crippen LogP contribution in [0, 0.1) is 23.7 Å². The van der Waals surface area contributed by atoms with Crippen LogP contribution in [0.1, 0.15) is 99.3 Å². The number of unbranched alkanes of at least 4 members (excludes halogenated alkanes) is 8. The first kappa shape index (κ1) is 37.6. The number of aryl methyl sites for hydroxylation is 2. The zero-order chi connectivity index (χ0) is 34.9. The van der Waals surface area contributed by atoms with Gasteiger partial charge in [-0.15, -0.1) is 0 Å². The van der Waals surface area contributed by atoms with Crippen molar-refractivity contribution < 1.29 is 28.2 Å². The van der Waals surface area contributed by atoms with Gasteiger partial charge in [0.05, 0.1) is 0 Å². The van der Waals surface area contributed by atoms with Crippen molar-refractivity contribution in [3.05, 3.63) is 132 Å². The van der Waals surface area contributed by atoms with Crippen LogP contribution in [0.25, 0.3) is 0 Å². The second kappa shape index (κ2) is 23.2. The highest BCUT2D eigenvalue weighted by atomic mass is 16.5. The highest BCUT2D eigenvalue weighted by Gasteiger charge is 2.06. The number of ether oxygens (including phenoxy) is 2. The Hall–Kier alpha value is -5.20. The van der Waals surface area contributed by atoms with Gasteiger partial charge in [0, 0.05) is 61.1 Å². The van der Waals surface area contributed by atoms with E-state index in [4.69, 9.17) is 9.47 Å². The molecule has 0 bridgehead atoms. The van der Waals surface area contributed by atoms with Gasteiger partial charge in [-0.05, 0) is 72.9 Å². The first-order valence-corrected chi connectivity index (χ1v) is 18.0. The van der Waals surface area contributed by atoms with Gasteiger partial charge in [-0.1, -0.05) is 73.9 Å². The van der Waals surface area contributed by atoms with E-state index in [-0.39, 0.29) is 25.2 Å². The summed E-state index contributed by atoms with van der Waals surface area (Å²) in [5.74, 6) is 11.6.